The molecule has 2 heterocycles. The van der Waals surface area contributed by atoms with Gasteiger partial charge in [-0.25, -0.2) is 0 Å². The topological polar surface area (TPSA) is 30.5 Å². The number of nitrogens with one attached hydrogen (secondary N) is 1. The molecular weight excluding hydrogens is 307 g/mol. The molecule has 0 saturated carbocycles. The highest BCUT2D eigenvalue weighted by Gasteiger charge is 2.42. The molecule has 1 aromatic rings. The van der Waals surface area contributed by atoms with Crippen molar-refractivity contribution < 1.29 is 22.6 Å². The van der Waals surface area contributed by atoms with E-state index in [9.17, 15) is 13.2 Å². The molecule has 2 atom stereocenters. The fourth-order valence-electron chi connectivity index (χ4n) is 2.91. The summed E-state index contributed by atoms with van der Waals surface area (Å²) in [4.78, 5) is 0. The molecule has 1 saturated heterocycles. The van der Waals surface area contributed by atoms with Crippen LogP contribution < -0.4 is 14.8 Å². The summed E-state index contributed by atoms with van der Waals surface area (Å²) >= 11 is 0. The number of alkyl halides is 3. The van der Waals surface area contributed by atoms with E-state index in [1.54, 1.807) is 6.07 Å². The predicted octanol–water partition coefficient (Wildman–Crippen LogP) is 3.83. The fraction of sp³-hybridized carbons (Fsp3) is 0.571. The molecule has 118 valence electrons. The van der Waals surface area contributed by atoms with Crippen molar-refractivity contribution in [1.29, 1.82) is 0 Å². The van der Waals surface area contributed by atoms with Gasteiger partial charge in [-0.1, -0.05) is 13.8 Å². The zero-order valence-corrected chi connectivity index (χ0v) is 12.5. The third kappa shape index (κ3) is 3.37. The molecule has 1 fully saturated rings. The summed E-state index contributed by atoms with van der Waals surface area (Å²) in [6.07, 6.45) is -3.84. The van der Waals surface area contributed by atoms with Gasteiger partial charge in [0.1, 0.15) is 17.6 Å². The molecule has 2 aliphatic heterocycles. The van der Waals surface area contributed by atoms with Gasteiger partial charge in [-0.3, -0.25) is 0 Å². The number of hydrogen-bond acceptors (Lipinski definition) is 3. The van der Waals surface area contributed by atoms with E-state index in [1.807, 2.05) is 0 Å². The summed E-state index contributed by atoms with van der Waals surface area (Å²) in [7, 11) is 0. The highest BCUT2D eigenvalue weighted by atomic mass is 35.5. The van der Waals surface area contributed by atoms with Gasteiger partial charge in [0.25, 0.3) is 0 Å². The molecule has 2 aliphatic rings. The normalized spacial score (nSPS) is 26.1. The van der Waals surface area contributed by atoms with Crippen LogP contribution in [0.5, 0.6) is 11.5 Å². The van der Waals surface area contributed by atoms with Crippen LogP contribution in [-0.4, -0.2) is 19.0 Å². The van der Waals surface area contributed by atoms with Gasteiger partial charge in [0, 0.05) is 18.2 Å². The lowest BCUT2D eigenvalue weighted by molar-refractivity contribution is -0.274. The molecule has 3 rings (SSSR count). The first-order valence-electron chi connectivity index (χ1n) is 6.53. The van der Waals surface area contributed by atoms with Gasteiger partial charge < -0.3 is 14.8 Å². The standard InChI is InChI=1S/C14H16F3NO2.ClH/c1-13(2)6-11-12(18-7-13)9-4-3-8(5-10(9)19-11)20-14(15,16)17;/h3-5,11-12,18H,6-7H2,1-2H3;1H/t11-,12-;/m0./s1. The van der Waals surface area contributed by atoms with Crippen LogP contribution >= 0.6 is 12.4 Å². The van der Waals surface area contributed by atoms with Crippen molar-refractivity contribution in [2.45, 2.75) is 38.8 Å². The minimum absolute atomic E-state index is 0. The van der Waals surface area contributed by atoms with Crippen LogP contribution in [0.1, 0.15) is 31.9 Å². The van der Waals surface area contributed by atoms with Crippen molar-refractivity contribution in [2.75, 3.05) is 6.54 Å². The highest BCUT2D eigenvalue weighted by Crippen LogP contribution is 2.45. The summed E-state index contributed by atoms with van der Waals surface area (Å²) in [5, 5.41) is 3.41. The fourth-order valence-corrected chi connectivity index (χ4v) is 2.91. The number of piperidine rings is 1. The molecular formula is C14H17ClF3NO2. The molecule has 21 heavy (non-hydrogen) atoms. The summed E-state index contributed by atoms with van der Waals surface area (Å²) in [5.41, 5.74) is 1.02. The van der Waals surface area contributed by atoms with E-state index in [4.69, 9.17) is 4.74 Å². The Morgan fingerprint density at radius 2 is 2.05 bits per heavy atom. The van der Waals surface area contributed by atoms with Crippen molar-refractivity contribution in [3.63, 3.8) is 0 Å². The van der Waals surface area contributed by atoms with Crippen LogP contribution in [0.25, 0.3) is 0 Å². The first kappa shape index (κ1) is 16.2. The molecule has 0 aliphatic carbocycles. The van der Waals surface area contributed by atoms with E-state index < -0.39 is 6.36 Å². The quantitative estimate of drug-likeness (QED) is 0.852. The smallest absolute Gasteiger partial charge is 0.488 e. The van der Waals surface area contributed by atoms with Crippen molar-refractivity contribution in [2.24, 2.45) is 5.41 Å². The molecule has 3 nitrogen and oxygen atoms in total. The second kappa shape index (κ2) is 5.25. The number of rotatable bonds is 1. The number of hydrogen-bond donors (Lipinski definition) is 1. The first-order chi connectivity index (χ1) is 9.23. The van der Waals surface area contributed by atoms with Crippen molar-refractivity contribution in [3.05, 3.63) is 23.8 Å². The van der Waals surface area contributed by atoms with E-state index >= 15 is 0 Å². The average molecular weight is 324 g/mol. The zero-order valence-electron chi connectivity index (χ0n) is 11.7. The number of fused-ring (bicyclic) bond motifs is 3. The Morgan fingerprint density at radius 3 is 2.71 bits per heavy atom. The van der Waals surface area contributed by atoms with Crippen LogP contribution in [-0.2, 0) is 0 Å². The SMILES string of the molecule is CC1(C)CN[C@H]2c3ccc(OC(F)(F)F)cc3O[C@H]2C1.Cl. The van der Waals surface area contributed by atoms with E-state index in [0.717, 1.165) is 18.5 Å². The number of halogens is 4. The molecule has 0 spiro atoms. The van der Waals surface area contributed by atoms with Crippen molar-refractivity contribution in [3.8, 4) is 11.5 Å². The van der Waals surface area contributed by atoms with Crippen LogP contribution in [0.15, 0.2) is 18.2 Å². The molecule has 0 unspecified atom stereocenters. The second-order valence-corrected chi connectivity index (χ2v) is 6.13. The Morgan fingerprint density at radius 1 is 1.33 bits per heavy atom. The minimum atomic E-state index is -4.68. The first-order valence-corrected chi connectivity index (χ1v) is 6.53. The highest BCUT2D eigenvalue weighted by molar-refractivity contribution is 5.85. The third-order valence-corrected chi connectivity index (χ3v) is 3.76. The van der Waals surface area contributed by atoms with Crippen molar-refractivity contribution >= 4 is 12.4 Å². The van der Waals surface area contributed by atoms with Gasteiger partial charge in [0.05, 0.1) is 6.04 Å². The van der Waals surface area contributed by atoms with Crippen LogP contribution in [0.4, 0.5) is 13.2 Å². The van der Waals surface area contributed by atoms with Crippen LogP contribution in [0.3, 0.4) is 0 Å². The molecule has 1 aromatic carbocycles. The van der Waals surface area contributed by atoms with Gasteiger partial charge in [0.15, 0.2) is 0 Å². The minimum Gasteiger partial charge on any atom is -0.488 e. The Kier molecular flexibility index (Phi) is 4.06. The Balaban J connectivity index is 0.00000161. The van der Waals surface area contributed by atoms with Crippen LogP contribution in [0, 0.1) is 5.41 Å². The maximum Gasteiger partial charge on any atom is 0.573 e. The average Bonchev–Trinajstić information content (AvgIpc) is 2.61. The lowest BCUT2D eigenvalue weighted by atomic mass is 9.80. The Labute approximate surface area is 127 Å². The van der Waals surface area contributed by atoms with E-state index in [-0.39, 0.29) is 35.7 Å². The van der Waals surface area contributed by atoms with Gasteiger partial charge >= 0.3 is 6.36 Å². The molecule has 0 radical (unpaired) electrons. The monoisotopic (exact) mass is 323 g/mol. The second-order valence-electron chi connectivity index (χ2n) is 6.13. The van der Waals surface area contributed by atoms with Gasteiger partial charge in [0.2, 0.25) is 0 Å². The summed E-state index contributed by atoms with van der Waals surface area (Å²) in [6, 6.07) is 4.35. The maximum absolute atomic E-state index is 12.2. The van der Waals surface area contributed by atoms with E-state index in [1.165, 1.54) is 12.1 Å². The lowest BCUT2D eigenvalue weighted by Crippen LogP contribution is -2.46. The van der Waals surface area contributed by atoms with Crippen LogP contribution in [0.2, 0.25) is 0 Å². The van der Waals surface area contributed by atoms with Gasteiger partial charge in [-0.05, 0) is 24.0 Å². The van der Waals surface area contributed by atoms with Gasteiger partial charge in [-0.15, -0.1) is 25.6 Å². The van der Waals surface area contributed by atoms with E-state index in [0.29, 0.717) is 5.75 Å². The molecule has 7 heteroatoms. The Bertz CT molecular complexity index is 533. The summed E-state index contributed by atoms with van der Waals surface area (Å²) in [5.74, 6) is 0.237. The molecule has 0 aromatic heterocycles. The largest absolute Gasteiger partial charge is 0.573 e. The summed E-state index contributed by atoms with van der Waals surface area (Å²) < 4.78 is 46.4. The molecule has 0 amide bonds. The zero-order chi connectivity index (χ0) is 14.5. The number of ether oxygens (including phenoxy) is 2. The Hall–Kier alpha value is -1.14. The van der Waals surface area contributed by atoms with E-state index in [2.05, 4.69) is 23.9 Å². The maximum atomic E-state index is 12.2. The molecule has 1 N–H and O–H groups in total. The molecule has 0 bridgehead atoms. The third-order valence-electron chi connectivity index (χ3n) is 3.76. The van der Waals surface area contributed by atoms with Crippen molar-refractivity contribution in [1.82, 2.24) is 5.32 Å². The number of benzene rings is 1. The predicted molar refractivity (Wildman–Crippen MR) is 73.9 cm³/mol. The lowest BCUT2D eigenvalue weighted by Gasteiger charge is -2.37. The van der Waals surface area contributed by atoms with Gasteiger partial charge in [-0.2, -0.15) is 0 Å². The summed E-state index contributed by atoms with van der Waals surface area (Å²) in [6.45, 7) is 5.14.